The number of para-hydroxylation sites is 1. The largest absolute Gasteiger partial charge is 0.323 e. The number of carbonyl (C=O) groups is 1. The predicted octanol–water partition coefficient (Wildman–Crippen LogP) is 2.92. The first kappa shape index (κ1) is 13.5. The molecule has 3 nitrogen and oxygen atoms in total. The average molecular weight is 315 g/mol. The Morgan fingerprint density at radius 2 is 2.17 bits per heavy atom. The van der Waals surface area contributed by atoms with Crippen LogP contribution in [0.15, 0.2) is 22.7 Å². The molecule has 5 heteroatoms. The molecule has 1 fully saturated rings. The summed E-state index contributed by atoms with van der Waals surface area (Å²) < 4.78 is 14.1. The summed E-state index contributed by atoms with van der Waals surface area (Å²) in [5, 5.41) is 5.90. The molecule has 0 bridgehead atoms. The van der Waals surface area contributed by atoms with Crippen LogP contribution in [0.5, 0.6) is 0 Å². The van der Waals surface area contributed by atoms with Crippen LogP contribution in [0.1, 0.15) is 19.3 Å². The summed E-state index contributed by atoms with van der Waals surface area (Å²) in [6, 6.07) is 4.65. The standard InChI is InChI=1S/C13H16BrFN2O/c14-10-2-1-3-11(15)13(10)17-12(18)8-9-4-6-16-7-5-9/h1-3,9,16H,4-8H2,(H,17,18). The molecule has 0 aliphatic carbocycles. The van der Waals surface area contributed by atoms with Crippen LogP contribution in [-0.2, 0) is 4.79 Å². The molecule has 0 spiro atoms. The second-order valence-electron chi connectivity index (χ2n) is 4.54. The Morgan fingerprint density at radius 3 is 2.83 bits per heavy atom. The van der Waals surface area contributed by atoms with Crippen molar-refractivity contribution in [3.8, 4) is 0 Å². The predicted molar refractivity (Wildman–Crippen MR) is 72.9 cm³/mol. The molecule has 1 aliphatic heterocycles. The molecule has 0 saturated carbocycles. The van der Waals surface area contributed by atoms with E-state index in [4.69, 9.17) is 0 Å². The van der Waals surface area contributed by atoms with Crippen molar-refractivity contribution < 1.29 is 9.18 Å². The fourth-order valence-corrected chi connectivity index (χ4v) is 2.60. The summed E-state index contributed by atoms with van der Waals surface area (Å²) in [6.45, 7) is 1.92. The zero-order chi connectivity index (χ0) is 13.0. The Bertz CT molecular complexity index is 413. The van der Waals surface area contributed by atoms with Gasteiger partial charge in [0.05, 0.1) is 5.69 Å². The number of anilines is 1. The molecular weight excluding hydrogens is 299 g/mol. The van der Waals surface area contributed by atoms with Crippen molar-refractivity contribution >= 4 is 27.5 Å². The van der Waals surface area contributed by atoms with Gasteiger partial charge in [-0.1, -0.05) is 6.07 Å². The molecule has 2 rings (SSSR count). The van der Waals surface area contributed by atoms with Crippen LogP contribution in [0.4, 0.5) is 10.1 Å². The van der Waals surface area contributed by atoms with E-state index in [1.165, 1.54) is 6.07 Å². The Labute approximate surface area is 114 Å². The minimum atomic E-state index is -0.414. The first-order valence-corrected chi connectivity index (χ1v) is 6.90. The minimum Gasteiger partial charge on any atom is -0.323 e. The molecule has 18 heavy (non-hydrogen) atoms. The van der Waals surface area contributed by atoms with Crippen LogP contribution in [0, 0.1) is 11.7 Å². The van der Waals surface area contributed by atoms with Crippen LogP contribution in [0.25, 0.3) is 0 Å². The number of nitrogens with one attached hydrogen (secondary N) is 2. The third-order valence-electron chi connectivity index (χ3n) is 3.16. The Kier molecular flexibility index (Phi) is 4.72. The maximum Gasteiger partial charge on any atom is 0.224 e. The summed E-state index contributed by atoms with van der Waals surface area (Å²) in [6.07, 6.45) is 2.47. The van der Waals surface area contributed by atoms with E-state index in [1.54, 1.807) is 12.1 Å². The van der Waals surface area contributed by atoms with E-state index in [-0.39, 0.29) is 11.6 Å². The lowest BCUT2D eigenvalue weighted by molar-refractivity contribution is -0.117. The van der Waals surface area contributed by atoms with Crippen LogP contribution in [-0.4, -0.2) is 19.0 Å². The topological polar surface area (TPSA) is 41.1 Å². The normalized spacial score (nSPS) is 16.6. The van der Waals surface area contributed by atoms with E-state index in [2.05, 4.69) is 26.6 Å². The summed E-state index contributed by atoms with van der Waals surface area (Å²) in [7, 11) is 0. The second-order valence-corrected chi connectivity index (χ2v) is 5.40. The third-order valence-corrected chi connectivity index (χ3v) is 3.82. The highest BCUT2D eigenvalue weighted by Crippen LogP contribution is 2.26. The maximum atomic E-state index is 13.5. The molecule has 1 saturated heterocycles. The van der Waals surface area contributed by atoms with Gasteiger partial charge in [-0.15, -0.1) is 0 Å². The van der Waals surface area contributed by atoms with Crippen molar-refractivity contribution in [1.82, 2.24) is 5.32 Å². The van der Waals surface area contributed by atoms with Gasteiger partial charge < -0.3 is 10.6 Å². The summed E-state index contributed by atoms with van der Waals surface area (Å²) in [5.74, 6) is -0.132. The number of carbonyl (C=O) groups excluding carboxylic acids is 1. The first-order valence-electron chi connectivity index (χ1n) is 6.11. The number of halogens is 2. The van der Waals surface area contributed by atoms with Gasteiger partial charge in [-0.05, 0) is 59.9 Å². The summed E-state index contributed by atoms with van der Waals surface area (Å²) in [4.78, 5) is 11.9. The van der Waals surface area contributed by atoms with Gasteiger partial charge in [0.2, 0.25) is 5.91 Å². The van der Waals surface area contributed by atoms with Crippen LogP contribution < -0.4 is 10.6 Å². The van der Waals surface area contributed by atoms with Gasteiger partial charge >= 0.3 is 0 Å². The number of rotatable bonds is 3. The van der Waals surface area contributed by atoms with Crippen molar-refractivity contribution in [3.63, 3.8) is 0 Å². The number of hydrogen-bond acceptors (Lipinski definition) is 2. The molecule has 1 amide bonds. The van der Waals surface area contributed by atoms with Gasteiger partial charge in [-0.3, -0.25) is 4.79 Å². The molecule has 1 aliphatic rings. The van der Waals surface area contributed by atoms with Gasteiger partial charge in [0.1, 0.15) is 5.82 Å². The van der Waals surface area contributed by atoms with Crippen LogP contribution >= 0.6 is 15.9 Å². The van der Waals surface area contributed by atoms with E-state index in [9.17, 15) is 9.18 Å². The molecule has 98 valence electrons. The van der Waals surface area contributed by atoms with Crippen LogP contribution in [0.2, 0.25) is 0 Å². The number of benzene rings is 1. The van der Waals surface area contributed by atoms with Crippen molar-refractivity contribution in [3.05, 3.63) is 28.5 Å². The maximum absolute atomic E-state index is 13.5. The van der Waals surface area contributed by atoms with Gasteiger partial charge in [0.15, 0.2) is 0 Å². The minimum absolute atomic E-state index is 0.118. The fraction of sp³-hybridized carbons (Fsp3) is 0.462. The smallest absolute Gasteiger partial charge is 0.224 e. The molecule has 1 aromatic rings. The Balaban J connectivity index is 1.94. The zero-order valence-electron chi connectivity index (χ0n) is 10.0. The van der Waals surface area contributed by atoms with Gasteiger partial charge in [-0.2, -0.15) is 0 Å². The number of piperidine rings is 1. The quantitative estimate of drug-likeness (QED) is 0.900. The molecule has 1 aromatic carbocycles. The van der Waals surface area contributed by atoms with Gasteiger partial charge in [0.25, 0.3) is 0 Å². The lowest BCUT2D eigenvalue weighted by Gasteiger charge is -2.22. The van der Waals surface area contributed by atoms with Crippen molar-refractivity contribution in [2.75, 3.05) is 18.4 Å². The Hall–Kier alpha value is -0.940. The van der Waals surface area contributed by atoms with E-state index in [0.29, 0.717) is 16.8 Å². The van der Waals surface area contributed by atoms with Gasteiger partial charge in [0, 0.05) is 10.9 Å². The molecule has 0 aromatic heterocycles. The highest BCUT2D eigenvalue weighted by atomic mass is 79.9. The summed E-state index contributed by atoms with van der Waals surface area (Å²) in [5.41, 5.74) is 0.233. The fourth-order valence-electron chi connectivity index (χ4n) is 2.16. The number of hydrogen-bond donors (Lipinski definition) is 2. The molecule has 0 unspecified atom stereocenters. The van der Waals surface area contributed by atoms with E-state index in [0.717, 1.165) is 25.9 Å². The molecule has 2 N–H and O–H groups in total. The first-order chi connectivity index (χ1) is 8.66. The van der Waals surface area contributed by atoms with Gasteiger partial charge in [-0.25, -0.2) is 4.39 Å². The van der Waals surface area contributed by atoms with Crippen molar-refractivity contribution in [2.24, 2.45) is 5.92 Å². The highest BCUT2D eigenvalue weighted by molar-refractivity contribution is 9.10. The SMILES string of the molecule is O=C(CC1CCNCC1)Nc1c(F)cccc1Br. The Morgan fingerprint density at radius 1 is 1.44 bits per heavy atom. The molecule has 1 heterocycles. The number of amides is 1. The molecule has 0 atom stereocenters. The van der Waals surface area contributed by atoms with E-state index >= 15 is 0 Å². The third kappa shape index (κ3) is 3.53. The lowest BCUT2D eigenvalue weighted by Crippen LogP contribution is -2.30. The summed E-state index contributed by atoms with van der Waals surface area (Å²) >= 11 is 3.24. The van der Waals surface area contributed by atoms with E-state index in [1.807, 2.05) is 0 Å². The average Bonchev–Trinajstić information content (AvgIpc) is 2.35. The highest BCUT2D eigenvalue weighted by Gasteiger charge is 2.18. The van der Waals surface area contributed by atoms with Crippen LogP contribution in [0.3, 0.4) is 0 Å². The van der Waals surface area contributed by atoms with Crippen molar-refractivity contribution in [1.29, 1.82) is 0 Å². The van der Waals surface area contributed by atoms with E-state index < -0.39 is 5.82 Å². The lowest BCUT2D eigenvalue weighted by atomic mass is 9.94. The zero-order valence-corrected chi connectivity index (χ0v) is 11.6. The second kappa shape index (κ2) is 6.29. The molecular formula is C13H16BrFN2O. The molecule has 0 radical (unpaired) electrons. The monoisotopic (exact) mass is 314 g/mol. The van der Waals surface area contributed by atoms with Crippen molar-refractivity contribution in [2.45, 2.75) is 19.3 Å².